The summed E-state index contributed by atoms with van der Waals surface area (Å²) < 4.78 is 5.42. The van der Waals surface area contributed by atoms with Crippen molar-refractivity contribution < 1.29 is 14.5 Å². The Morgan fingerprint density at radius 1 is 1.48 bits per heavy atom. The van der Waals surface area contributed by atoms with Gasteiger partial charge in [-0.25, -0.2) is 0 Å². The van der Waals surface area contributed by atoms with E-state index in [9.17, 15) is 14.9 Å². The van der Waals surface area contributed by atoms with Gasteiger partial charge in [-0.2, -0.15) is 0 Å². The van der Waals surface area contributed by atoms with Crippen LogP contribution in [0.4, 0.5) is 5.69 Å². The maximum atomic E-state index is 11.3. The van der Waals surface area contributed by atoms with E-state index >= 15 is 0 Å². The van der Waals surface area contributed by atoms with Gasteiger partial charge < -0.3 is 15.8 Å². The van der Waals surface area contributed by atoms with Crippen LogP contribution in [0.5, 0.6) is 5.75 Å². The Balaban J connectivity index is 2.81. The Morgan fingerprint density at radius 2 is 2.00 bits per heavy atom. The first-order chi connectivity index (χ1) is 9.71. The minimum Gasteiger partial charge on any atom is -0.490 e. The van der Waals surface area contributed by atoms with E-state index in [4.69, 9.17) is 33.7 Å². The van der Waals surface area contributed by atoms with Gasteiger partial charge in [-0.15, -0.1) is 0 Å². The lowest BCUT2D eigenvalue weighted by atomic mass is 9.98. The van der Waals surface area contributed by atoms with Crippen molar-refractivity contribution in [3.63, 3.8) is 0 Å². The fourth-order valence-corrected chi connectivity index (χ4v) is 2.10. The molecule has 1 aromatic rings. The van der Waals surface area contributed by atoms with Crippen LogP contribution in [0, 0.1) is 10.1 Å². The Kier molecular flexibility index (Phi) is 5.77. The number of nitrogens with zero attached hydrogens (tertiary/aromatic N) is 1. The number of amides is 1. The molecule has 1 rings (SSSR count). The van der Waals surface area contributed by atoms with E-state index in [2.05, 4.69) is 5.32 Å². The van der Waals surface area contributed by atoms with Crippen LogP contribution in [0.3, 0.4) is 0 Å². The van der Waals surface area contributed by atoms with Gasteiger partial charge in [0.05, 0.1) is 27.1 Å². The average Bonchev–Trinajstić information content (AvgIpc) is 2.40. The molecule has 9 heteroatoms. The first-order valence-corrected chi connectivity index (χ1v) is 6.72. The molecule has 1 aromatic carbocycles. The number of nitro groups is 1. The highest BCUT2D eigenvalue weighted by molar-refractivity contribution is 6.37. The van der Waals surface area contributed by atoms with E-state index in [1.165, 1.54) is 0 Å². The normalized spacial score (nSPS) is 13.5. The maximum Gasteiger partial charge on any atom is 0.272 e. The zero-order chi connectivity index (χ0) is 16.2. The summed E-state index contributed by atoms with van der Waals surface area (Å²) >= 11 is 11.8. The monoisotopic (exact) mass is 335 g/mol. The molecule has 0 bridgehead atoms. The van der Waals surface area contributed by atoms with Crippen LogP contribution in [0.1, 0.15) is 13.3 Å². The van der Waals surface area contributed by atoms with Crippen molar-refractivity contribution in [2.45, 2.75) is 18.9 Å². The van der Waals surface area contributed by atoms with E-state index in [0.717, 1.165) is 12.1 Å². The van der Waals surface area contributed by atoms with Gasteiger partial charge in [-0.05, 0) is 14.0 Å². The molecule has 3 N–H and O–H groups in total. The van der Waals surface area contributed by atoms with E-state index in [0.29, 0.717) is 0 Å². The number of hydrogen-bond acceptors (Lipinski definition) is 5. The number of rotatable bonds is 7. The third-order valence-corrected chi connectivity index (χ3v) is 3.70. The van der Waals surface area contributed by atoms with Crippen LogP contribution < -0.4 is 15.8 Å². The molecule has 0 saturated heterocycles. The zero-order valence-electron chi connectivity index (χ0n) is 11.5. The van der Waals surface area contributed by atoms with Crippen molar-refractivity contribution in [2.75, 3.05) is 13.7 Å². The van der Waals surface area contributed by atoms with Crippen LogP contribution >= 0.6 is 23.2 Å². The second-order valence-corrected chi connectivity index (χ2v) is 5.35. The number of nitrogens with one attached hydrogen (secondary N) is 1. The van der Waals surface area contributed by atoms with E-state index in [1.54, 1.807) is 14.0 Å². The molecule has 0 fully saturated rings. The van der Waals surface area contributed by atoms with E-state index < -0.39 is 16.4 Å². The predicted octanol–water partition coefficient (Wildman–Crippen LogP) is 2.13. The molecule has 0 saturated carbocycles. The van der Waals surface area contributed by atoms with Crippen LogP contribution in [-0.4, -0.2) is 30.0 Å². The number of nitro benzene ring substituents is 1. The van der Waals surface area contributed by atoms with E-state index in [-0.39, 0.29) is 34.5 Å². The Bertz CT molecular complexity index is 544. The molecule has 1 amide bonds. The molecule has 0 heterocycles. The van der Waals surface area contributed by atoms with Gasteiger partial charge in [0.25, 0.3) is 5.69 Å². The second-order valence-electron chi connectivity index (χ2n) is 4.54. The first-order valence-electron chi connectivity index (χ1n) is 5.96. The fourth-order valence-electron chi connectivity index (χ4n) is 1.52. The number of non-ortho nitro benzene ring substituents is 1. The number of primary amides is 1. The summed E-state index contributed by atoms with van der Waals surface area (Å²) in [4.78, 5) is 21.4. The number of hydrogen-bond donors (Lipinski definition) is 2. The van der Waals surface area contributed by atoms with Gasteiger partial charge >= 0.3 is 0 Å². The lowest BCUT2D eigenvalue weighted by molar-refractivity contribution is -0.384. The molecule has 0 aliphatic carbocycles. The Labute approximate surface area is 131 Å². The summed E-state index contributed by atoms with van der Waals surface area (Å²) in [5.74, 6) is -0.388. The summed E-state index contributed by atoms with van der Waals surface area (Å²) in [5.41, 5.74) is 4.13. The molecule has 0 aromatic heterocycles. The van der Waals surface area contributed by atoms with Crippen molar-refractivity contribution in [2.24, 2.45) is 5.73 Å². The van der Waals surface area contributed by atoms with Crippen LogP contribution in [0.15, 0.2) is 12.1 Å². The smallest absolute Gasteiger partial charge is 0.272 e. The summed E-state index contributed by atoms with van der Waals surface area (Å²) in [7, 11) is 1.61. The molecule has 1 atom stereocenters. The van der Waals surface area contributed by atoms with Crippen molar-refractivity contribution >= 4 is 34.8 Å². The third-order valence-electron chi connectivity index (χ3n) is 3.14. The summed E-state index contributed by atoms with van der Waals surface area (Å²) in [6.07, 6.45) is 0.280. The number of likely N-dealkylation sites (N-methyl/N-ethyl adjacent to an activating group) is 1. The summed E-state index contributed by atoms with van der Waals surface area (Å²) in [6, 6.07) is 2.29. The van der Waals surface area contributed by atoms with Crippen molar-refractivity contribution in [3.05, 3.63) is 32.3 Å². The number of carbonyl (C=O) groups excluding carboxylic acids is 1. The van der Waals surface area contributed by atoms with Crippen LogP contribution in [0.2, 0.25) is 10.0 Å². The van der Waals surface area contributed by atoms with Gasteiger partial charge in [-0.1, -0.05) is 23.2 Å². The molecule has 116 valence electrons. The number of ether oxygens (including phenoxy) is 1. The van der Waals surface area contributed by atoms with Crippen LogP contribution in [-0.2, 0) is 4.79 Å². The second kappa shape index (κ2) is 6.93. The molecule has 0 spiro atoms. The number of nitrogens with two attached hydrogens (primary N) is 1. The molecule has 0 aliphatic heterocycles. The molecule has 0 aliphatic rings. The number of carbonyl (C=O) groups is 1. The lowest BCUT2D eigenvalue weighted by Gasteiger charge is -2.25. The van der Waals surface area contributed by atoms with Gasteiger partial charge in [0, 0.05) is 18.6 Å². The molecular formula is C12H15Cl2N3O4. The minimum absolute atomic E-state index is 0.0273. The van der Waals surface area contributed by atoms with Gasteiger partial charge in [0.1, 0.15) is 0 Å². The molecule has 1 unspecified atom stereocenters. The quantitative estimate of drug-likeness (QED) is 0.586. The first kappa shape index (κ1) is 17.5. The highest BCUT2D eigenvalue weighted by atomic mass is 35.5. The number of benzene rings is 1. The highest BCUT2D eigenvalue weighted by Crippen LogP contribution is 2.36. The zero-order valence-corrected chi connectivity index (χ0v) is 13.0. The lowest BCUT2D eigenvalue weighted by Crippen LogP contribution is -2.52. The van der Waals surface area contributed by atoms with Gasteiger partial charge in [0.15, 0.2) is 5.75 Å². The van der Waals surface area contributed by atoms with Gasteiger partial charge in [-0.3, -0.25) is 14.9 Å². The molecule has 21 heavy (non-hydrogen) atoms. The third kappa shape index (κ3) is 4.20. The SMILES string of the molecule is CNC(C)(CCOc1c(Cl)cc([N+](=O)[O-])cc1Cl)C(N)=O. The average molecular weight is 336 g/mol. The Hall–Kier alpha value is -1.57. The molecule has 0 radical (unpaired) electrons. The van der Waals surface area contributed by atoms with Crippen molar-refractivity contribution in [1.82, 2.24) is 5.32 Å². The summed E-state index contributed by atoms with van der Waals surface area (Å²) in [6.45, 7) is 1.75. The maximum absolute atomic E-state index is 11.3. The minimum atomic E-state index is -0.931. The standard InChI is InChI=1S/C12H15Cl2N3O4/c1-12(16-2,11(15)18)3-4-21-10-8(13)5-7(17(19)20)6-9(10)14/h5-6,16H,3-4H2,1-2H3,(H2,15,18). The Morgan fingerprint density at radius 3 is 2.38 bits per heavy atom. The van der Waals surface area contributed by atoms with Crippen molar-refractivity contribution in [1.29, 1.82) is 0 Å². The fraction of sp³-hybridized carbons (Fsp3) is 0.417. The van der Waals surface area contributed by atoms with Gasteiger partial charge in [0.2, 0.25) is 5.91 Å². The largest absolute Gasteiger partial charge is 0.490 e. The highest BCUT2D eigenvalue weighted by Gasteiger charge is 2.29. The predicted molar refractivity (Wildman–Crippen MR) is 79.9 cm³/mol. The number of halogens is 2. The summed E-state index contributed by atoms with van der Waals surface area (Å²) in [5, 5.41) is 13.5. The van der Waals surface area contributed by atoms with Crippen molar-refractivity contribution in [3.8, 4) is 5.75 Å². The topological polar surface area (TPSA) is 107 Å². The van der Waals surface area contributed by atoms with E-state index in [1.807, 2.05) is 0 Å². The molecule has 7 nitrogen and oxygen atoms in total. The molecular weight excluding hydrogens is 321 g/mol. The van der Waals surface area contributed by atoms with Crippen LogP contribution in [0.25, 0.3) is 0 Å².